The van der Waals surface area contributed by atoms with Crippen molar-refractivity contribution < 1.29 is 0 Å². The fraction of sp³-hybridized carbons (Fsp3) is 0.647. The van der Waals surface area contributed by atoms with E-state index in [1.165, 1.54) is 48.4 Å². The molecule has 0 nitrogen and oxygen atoms in total. The molecule has 3 heteroatoms. The summed E-state index contributed by atoms with van der Waals surface area (Å²) in [5.41, 5.74) is 2.74. The summed E-state index contributed by atoms with van der Waals surface area (Å²) in [5.74, 6) is 1.80. The van der Waals surface area contributed by atoms with Gasteiger partial charge in [-0.25, -0.2) is 0 Å². The van der Waals surface area contributed by atoms with Gasteiger partial charge in [0.2, 0.25) is 0 Å². The number of hydrogen-bond acceptors (Lipinski definition) is 0. The molecule has 2 rings (SSSR count). The molecule has 0 spiro atoms. The van der Waals surface area contributed by atoms with E-state index in [0.29, 0.717) is 0 Å². The van der Waals surface area contributed by atoms with Crippen LogP contribution in [0.2, 0.25) is 6.04 Å². The predicted molar refractivity (Wildman–Crippen MR) is 93.6 cm³/mol. The van der Waals surface area contributed by atoms with Crippen molar-refractivity contribution in [1.29, 1.82) is 0 Å². The van der Waals surface area contributed by atoms with Gasteiger partial charge in [-0.3, -0.25) is 0 Å². The van der Waals surface area contributed by atoms with Crippen molar-refractivity contribution in [3.05, 3.63) is 29.3 Å². The highest BCUT2D eigenvalue weighted by molar-refractivity contribution is 7.51. The molecule has 0 N–H and O–H groups in total. The van der Waals surface area contributed by atoms with E-state index in [1.54, 1.807) is 0 Å². The predicted octanol–water partition coefficient (Wildman–Crippen LogP) is 5.51. The molecule has 0 heterocycles. The molecule has 0 bridgehead atoms. The van der Waals surface area contributed by atoms with Crippen LogP contribution >= 0.6 is 22.2 Å². The lowest BCUT2D eigenvalue weighted by molar-refractivity contribution is 0.289. The highest BCUT2D eigenvalue weighted by atomic mass is 35.7. The third kappa shape index (κ3) is 4.02. The number of rotatable bonds is 4. The number of halogens is 2. The Bertz CT molecular complexity index is 448. The van der Waals surface area contributed by atoms with Crippen LogP contribution in [-0.4, -0.2) is 6.69 Å². The highest BCUT2D eigenvalue weighted by Crippen LogP contribution is 2.31. The monoisotopic (exact) mass is 328 g/mol. The van der Waals surface area contributed by atoms with Crippen molar-refractivity contribution in [3.63, 3.8) is 0 Å². The van der Waals surface area contributed by atoms with Crippen LogP contribution in [0.3, 0.4) is 0 Å². The van der Waals surface area contributed by atoms with Crippen molar-refractivity contribution in [1.82, 2.24) is 0 Å². The zero-order valence-corrected chi connectivity index (χ0v) is 15.4. The van der Waals surface area contributed by atoms with Crippen LogP contribution in [0.4, 0.5) is 0 Å². The summed E-state index contributed by atoms with van der Waals surface area (Å²) in [6, 6.07) is 7.63. The first kappa shape index (κ1) is 16.4. The average Bonchev–Trinajstić information content (AvgIpc) is 2.41. The van der Waals surface area contributed by atoms with Gasteiger partial charge in [-0.05, 0) is 60.4 Å². The van der Waals surface area contributed by atoms with Gasteiger partial charge in [-0.2, -0.15) is 0 Å². The van der Waals surface area contributed by atoms with E-state index in [1.807, 2.05) is 0 Å². The van der Waals surface area contributed by atoms with Crippen LogP contribution < -0.4 is 5.19 Å². The molecule has 0 atom stereocenters. The molecule has 0 amide bonds. The Hall–Kier alpha value is 0.0169. The van der Waals surface area contributed by atoms with Crippen LogP contribution in [0, 0.1) is 18.8 Å². The van der Waals surface area contributed by atoms with Crippen molar-refractivity contribution >= 4 is 34.0 Å². The molecule has 1 aromatic carbocycles. The summed E-state index contributed by atoms with van der Waals surface area (Å²) in [5, 5.41) is 1.20. The molecular formula is C17H26Cl2Si. The van der Waals surface area contributed by atoms with Gasteiger partial charge in [0.1, 0.15) is 0 Å². The Morgan fingerprint density at radius 3 is 2.35 bits per heavy atom. The van der Waals surface area contributed by atoms with E-state index in [4.69, 9.17) is 22.2 Å². The molecule has 1 fully saturated rings. The SMILES string of the molecule is CC[Si](Cl)(Cl)c1ccc(CC2CCC(C)CC2)cc1C. The number of benzene rings is 1. The molecule has 20 heavy (non-hydrogen) atoms. The molecular weight excluding hydrogens is 303 g/mol. The third-order valence-electron chi connectivity index (χ3n) is 4.79. The lowest BCUT2D eigenvalue weighted by Crippen LogP contribution is -2.37. The van der Waals surface area contributed by atoms with E-state index in [0.717, 1.165) is 17.9 Å². The summed E-state index contributed by atoms with van der Waals surface area (Å²) in [6.45, 7) is 4.38. The first-order valence-electron chi connectivity index (χ1n) is 7.90. The maximum absolute atomic E-state index is 6.52. The molecule has 0 saturated heterocycles. The summed E-state index contributed by atoms with van der Waals surface area (Å²) in [4.78, 5) is 0. The topological polar surface area (TPSA) is 0 Å². The van der Waals surface area contributed by atoms with Crippen molar-refractivity contribution in [3.8, 4) is 0 Å². The maximum atomic E-state index is 6.52. The number of aryl methyl sites for hydroxylation is 1. The normalized spacial score (nSPS) is 23.9. The molecule has 0 radical (unpaired) electrons. The van der Waals surface area contributed by atoms with Crippen LogP contribution in [0.5, 0.6) is 0 Å². The number of hydrogen-bond donors (Lipinski definition) is 0. The second-order valence-electron chi connectivity index (χ2n) is 6.54. The average molecular weight is 329 g/mol. The Balaban J connectivity index is 2.06. The van der Waals surface area contributed by atoms with Crippen molar-refractivity contribution in [2.75, 3.05) is 0 Å². The standard InChI is InChI=1S/C17H26Cl2Si/c1-4-20(18,19)17-10-9-16(11-14(17)3)12-15-7-5-13(2)6-8-15/h9-11,13,15H,4-8,12H2,1-3H3. The summed E-state index contributed by atoms with van der Waals surface area (Å²) in [6.07, 6.45) is 6.80. The largest absolute Gasteiger partial charge is 0.280 e. The van der Waals surface area contributed by atoms with Crippen molar-refractivity contribution in [2.24, 2.45) is 11.8 Å². The lowest BCUT2D eigenvalue weighted by atomic mass is 9.80. The van der Waals surface area contributed by atoms with E-state index in [2.05, 4.69) is 39.0 Å². The highest BCUT2D eigenvalue weighted by Gasteiger charge is 2.30. The van der Waals surface area contributed by atoms with Crippen LogP contribution in [0.15, 0.2) is 18.2 Å². The summed E-state index contributed by atoms with van der Waals surface area (Å²) in [7, 11) is 0. The second kappa shape index (κ2) is 6.85. The Kier molecular flexibility index (Phi) is 5.61. The zero-order valence-electron chi connectivity index (χ0n) is 12.9. The summed E-state index contributed by atoms with van der Waals surface area (Å²) >= 11 is 13.0. The fourth-order valence-corrected chi connectivity index (χ4v) is 5.95. The Morgan fingerprint density at radius 1 is 1.15 bits per heavy atom. The maximum Gasteiger partial charge on any atom is 0.280 e. The van der Waals surface area contributed by atoms with E-state index >= 15 is 0 Å². The first-order valence-corrected chi connectivity index (χ1v) is 12.1. The Morgan fingerprint density at radius 2 is 1.80 bits per heavy atom. The molecule has 0 unspecified atom stereocenters. The van der Waals surface area contributed by atoms with E-state index in [9.17, 15) is 0 Å². The van der Waals surface area contributed by atoms with Gasteiger partial charge in [0, 0.05) is 0 Å². The third-order valence-corrected chi connectivity index (χ3v) is 9.85. The molecule has 1 aliphatic carbocycles. The quantitative estimate of drug-likeness (QED) is 0.505. The lowest BCUT2D eigenvalue weighted by Gasteiger charge is -2.26. The molecule has 1 saturated carbocycles. The Labute approximate surface area is 134 Å². The smallest absolute Gasteiger partial charge is 0.140 e. The van der Waals surface area contributed by atoms with E-state index < -0.39 is 6.69 Å². The second-order valence-corrected chi connectivity index (χ2v) is 13.6. The minimum Gasteiger partial charge on any atom is -0.140 e. The molecule has 1 aliphatic rings. The van der Waals surface area contributed by atoms with Gasteiger partial charge < -0.3 is 0 Å². The van der Waals surface area contributed by atoms with Gasteiger partial charge in [0.25, 0.3) is 6.69 Å². The van der Waals surface area contributed by atoms with E-state index in [-0.39, 0.29) is 0 Å². The van der Waals surface area contributed by atoms with Crippen LogP contribution in [0.25, 0.3) is 0 Å². The molecule has 0 aliphatic heterocycles. The van der Waals surface area contributed by atoms with Gasteiger partial charge in [-0.1, -0.05) is 44.9 Å². The van der Waals surface area contributed by atoms with Gasteiger partial charge in [-0.15, -0.1) is 22.2 Å². The molecule has 1 aromatic rings. The first-order chi connectivity index (χ1) is 9.42. The molecule has 112 valence electrons. The minimum atomic E-state index is -2.24. The van der Waals surface area contributed by atoms with Gasteiger partial charge in [0.15, 0.2) is 0 Å². The van der Waals surface area contributed by atoms with Gasteiger partial charge >= 0.3 is 0 Å². The van der Waals surface area contributed by atoms with Crippen LogP contribution in [0.1, 0.15) is 50.7 Å². The minimum absolute atomic E-state index is 0.872. The van der Waals surface area contributed by atoms with Crippen molar-refractivity contribution in [2.45, 2.75) is 58.9 Å². The van der Waals surface area contributed by atoms with Gasteiger partial charge in [0.05, 0.1) is 0 Å². The molecule has 0 aromatic heterocycles. The summed E-state index contributed by atoms with van der Waals surface area (Å²) < 4.78 is 0. The fourth-order valence-electron chi connectivity index (χ4n) is 3.32. The van der Waals surface area contributed by atoms with Crippen LogP contribution in [-0.2, 0) is 6.42 Å². The zero-order chi connectivity index (χ0) is 14.8.